The molecule has 2 atom stereocenters. The van der Waals surface area contributed by atoms with Crippen LogP contribution in [0, 0.1) is 5.92 Å². The van der Waals surface area contributed by atoms with Crippen LogP contribution in [0.25, 0.3) is 0 Å². The zero-order chi connectivity index (χ0) is 27.1. The first-order chi connectivity index (χ1) is 17.6. The summed E-state index contributed by atoms with van der Waals surface area (Å²) < 4.78 is 0. The summed E-state index contributed by atoms with van der Waals surface area (Å²) in [5.74, 6) is -0.720. The molecule has 1 aliphatic rings. The molecule has 0 radical (unpaired) electrons. The van der Waals surface area contributed by atoms with Crippen molar-refractivity contribution in [1.82, 2.24) is 4.90 Å². The van der Waals surface area contributed by atoms with E-state index in [0.717, 1.165) is 61.2 Å². The van der Waals surface area contributed by atoms with Crippen LogP contribution in [0.4, 0.5) is 0 Å². The van der Waals surface area contributed by atoms with Crippen LogP contribution in [0.5, 0.6) is 0 Å². The molecule has 0 saturated carbocycles. The molecule has 0 aromatic heterocycles. The minimum absolute atomic E-state index is 0.145. The highest BCUT2D eigenvalue weighted by molar-refractivity contribution is 5.80. The van der Waals surface area contributed by atoms with E-state index < -0.39 is 23.1 Å². The summed E-state index contributed by atoms with van der Waals surface area (Å²) in [4.78, 5) is 13.9. The van der Waals surface area contributed by atoms with Crippen molar-refractivity contribution >= 4 is 5.97 Å². The summed E-state index contributed by atoms with van der Waals surface area (Å²) in [5.41, 5.74) is 1.53. The SMILES string of the molecule is C/C=C\C=C(/C)C(O)(c1ccccc1)C1CCN(CCCC(O)c2ccc(C(C)(C)C(=O)O)cc2)CC1. The first-order valence-corrected chi connectivity index (χ1v) is 13.4. The second kappa shape index (κ2) is 12.7. The van der Waals surface area contributed by atoms with Crippen LogP contribution in [-0.2, 0) is 15.8 Å². The number of likely N-dealkylation sites (tertiary alicyclic amines) is 1. The van der Waals surface area contributed by atoms with Gasteiger partial charge in [0.25, 0.3) is 0 Å². The molecular weight excluding hydrogens is 462 g/mol. The van der Waals surface area contributed by atoms with Crippen molar-refractivity contribution in [1.29, 1.82) is 0 Å². The molecule has 2 aromatic carbocycles. The maximum atomic E-state index is 12.0. The zero-order valence-electron chi connectivity index (χ0n) is 22.7. The highest BCUT2D eigenvalue weighted by atomic mass is 16.4. The van der Waals surface area contributed by atoms with Crippen molar-refractivity contribution in [3.05, 3.63) is 95.1 Å². The molecule has 1 heterocycles. The lowest BCUT2D eigenvalue weighted by Crippen LogP contribution is -2.44. The summed E-state index contributed by atoms with van der Waals surface area (Å²) in [5, 5.41) is 32.1. The molecule has 2 aromatic rings. The molecule has 200 valence electrons. The van der Waals surface area contributed by atoms with Crippen LogP contribution < -0.4 is 0 Å². The third-order valence-corrected chi connectivity index (χ3v) is 8.04. The largest absolute Gasteiger partial charge is 0.481 e. The lowest BCUT2D eigenvalue weighted by Gasteiger charge is -2.42. The number of piperidine rings is 1. The number of carboxylic acids is 1. The number of rotatable bonds is 11. The van der Waals surface area contributed by atoms with Gasteiger partial charge in [-0.2, -0.15) is 0 Å². The molecule has 2 unspecified atom stereocenters. The van der Waals surface area contributed by atoms with Gasteiger partial charge in [0.05, 0.1) is 11.5 Å². The molecular formula is C32H43NO4. The van der Waals surface area contributed by atoms with E-state index in [2.05, 4.69) is 4.90 Å². The molecule has 1 saturated heterocycles. The van der Waals surface area contributed by atoms with Gasteiger partial charge in [0.1, 0.15) is 5.60 Å². The third-order valence-electron chi connectivity index (χ3n) is 8.04. The Morgan fingerprint density at radius 2 is 1.68 bits per heavy atom. The van der Waals surface area contributed by atoms with E-state index in [9.17, 15) is 20.1 Å². The highest BCUT2D eigenvalue weighted by Gasteiger charge is 2.41. The molecule has 3 rings (SSSR count). The van der Waals surface area contributed by atoms with Crippen LogP contribution in [-0.4, -0.2) is 45.8 Å². The fourth-order valence-electron chi connectivity index (χ4n) is 5.34. The fraction of sp³-hybridized carbons (Fsp3) is 0.469. The summed E-state index contributed by atoms with van der Waals surface area (Å²) in [6.45, 7) is 10.1. The predicted octanol–water partition coefficient (Wildman–Crippen LogP) is 5.98. The van der Waals surface area contributed by atoms with E-state index in [1.165, 1.54) is 0 Å². The topological polar surface area (TPSA) is 81.0 Å². The lowest BCUT2D eigenvalue weighted by atomic mass is 9.72. The van der Waals surface area contributed by atoms with E-state index in [1.807, 2.05) is 74.5 Å². The predicted molar refractivity (Wildman–Crippen MR) is 149 cm³/mol. The Labute approximate surface area is 222 Å². The van der Waals surface area contributed by atoms with Crippen molar-refractivity contribution in [3.63, 3.8) is 0 Å². The number of hydrogen-bond donors (Lipinski definition) is 3. The standard InChI is InChI=1S/C32H43NO4/c1-5-6-11-24(2)32(37,27-12-8-7-9-13-27)28-19-22-33(23-20-28)21-10-14-29(34)25-15-17-26(18-16-25)31(3,4)30(35)36/h5-9,11-13,15-18,28-29,34,37H,10,14,19-23H2,1-4H3,(H,35,36)/b6-5-,24-11+. The second-order valence-corrected chi connectivity index (χ2v) is 10.8. The Kier molecular flexibility index (Phi) is 9.88. The quantitative estimate of drug-likeness (QED) is 0.327. The normalized spacial score (nSPS) is 18.6. The van der Waals surface area contributed by atoms with E-state index in [1.54, 1.807) is 26.0 Å². The Hall–Kier alpha value is -2.73. The molecule has 1 aliphatic heterocycles. The molecule has 0 amide bonds. The van der Waals surface area contributed by atoms with Gasteiger partial charge in [-0.05, 0) is 101 Å². The third kappa shape index (κ3) is 6.78. The number of carboxylic acid groups (broad SMARTS) is 1. The highest BCUT2D eigenvalue weighted by Crippen LogP contribution is 2.42. The minimum Gasteiger partial charge on any atom is -0.481 e. The van der Waals surface area contributed by atoms with Crippen LogP contribution >= 0.6 is 0 Å². The maximum absolute atomic E-state index is 12.0. The van der Waals surface area contributed by atoms with Gasteiger partial charge in [-0.15, -0.1) is 0 Å². The molecule has 5 nitrogen and oxygen atoms in total. The number of nitrogens with zero attached hydrogens (tertiary/aromatic N) is 1. The van der Waals surface area contributed by atoms with Gasteiger partial charge in [-0.25, -0.2) is 0 Å². The van der Waals surface area contributed by atoms with Crippen molar-refractivity contribution in [2.45, 2.75) is 70.5 Å². The summed E-state index contributed by atoms with van der Waals surface area (Å²) in [6.07, 6.45) is 8.78. The first kappa shape index (κ1) is 28.8. The van der Waals surface area contributed by atoms with Crippen LogP contribution in [0.1, 0.15) is 76.2 Å². The molecule has 1 fully saturated rings. The number of benzene rings is 2. The van der Waals surface area contributed by atoms with Crippen LogP contribution in [0.15, 0.2) is 78.4 Å². The Morgan fingerprint density at radius 3 is 2.24 bits per heavy atom. The Morgan fingerprint density at radius 1 is 1.05 bits per heavy atom. The van der Waals surface area contributed by atoms with E-state index in [0.29, 0.717) is 6.42 Å². The molecule has 37 heavy (non-hydrogen) atoms. The van der Waals surface area contributed by atoms with Gasteiger partial charge in [0.15, 0.2) is 0 Å². The Balaban J connectivity index is 1.55. The number of aliphatic hydroxyl groups is 2. The molecule has 5 heteroatoms. The summed E-state index contributed by atoms with van der Waals surface area (Å²) in [7, 11) is 0. The van der Waals surface area contributed by atoms with Gasteiger partial charge in [0.2, 0.25) is 0 Å². The second-order valence-electron chi connectivity index (χ2n) is 10.8. The number of allylic oxidation sites excluding steroid dienone is 3. The van der Waals surface area contributed by atoms with E-state index in [4.69, 9.17) is 0 Å². The smallest absolute Gasteiger partial charge is 0.313 e. The Bertz CT molecular complexity index is 1070. The molecule has 0 spiro atoms. The average Bonchev–Trinajstić information content (AvgIpc) is 2.92. The van der Waals surface area contributed by atoms with Crippen molar-refractivity contribution < 1.29 is 20.1 Å². The summed E-state index contributed by atoms with van der Waals surface area (Å²) in [6, 6.07) is 17.3. The maximum Gasteiger partial charge on any atom is 0.313 e. The molecule has 0 aliphatic carbocycles. The van der Waals surface area contributed by atoms with Crippen LogP contribution in [0.3, 0.4) is 0 Å². The van der Waals surface area contributed by atoms with Crippen molar-refractivity contribution in [2.75, 3.05) is 19.6 Å². The van der Waals surface area contributed by atoms with E-state index >= 15 is 0 Å². The number of hydrogen-bond acceptors (Lipinski definition) is 4. The average molecular weight is 506 g/mol. The summed E-state index contributed by atoms with van der Waals surface area (Å²) >= 11 is 0. The molecule has 3 N–H and O–H groups in total. The van der Waals surface area contributed by atoms with Crippen LogP contribution in [0.2, 0.25) is 0 Å². The van der Waals surface area contributed by atoms with Crippen molar-refractivity contribution in [2.24, 2.45) is 5.92 Å². The number of carbonyl (C=O) groups is 1. The van der Waals surface area contributed by atoms with Gasteiger partial charge < -0.3 is 20.2 Å². The molecule has 0 bridgehead atoms. The van der Waals surface area contributed by atoms with Gasteiger partial charge in [-0.1, -0.05) is 72.8 Å². The zero-order valence-corrected chi connectivity index (χ0v) is 22.7. The fourth-order valence-corrected chi connectivity index (χ4v) is 5.34. The van der Waals surface area contributed by atoms with Gasteiger partial charge in [-0.3, -0.25) is 4.79 Å². The number of aliphatic carboxylic acids is 1. The van der Waals surface area contributed by atoms with Gasteiger partial charge >= 0.3 is 5.97 Å². The lowest BCUT2D eigenvalue weighted by molar-refractivity contribution is -0.142. The van der Waals surface area contributed by atoms with Crippen molar-refractivity contribution in [3.8, 4) is 0 Å². The van der Waals surface area contributed by atoms with E-state index in [-0.39, 0.29) is 5.92 Å². The minimum atomic E-state index is -0.982. The number of aliphatic hydroxyl groups excluding tert-OH is 1. The monoisotopic (exact) mass is 505 g/mol. The van der Waals surface area contributed by atoms with Gasteiger partial charge in [0, 0.05) is 0 Å². The first-order valence-electron chi connectivity index (χ1n) is 13.4.